The van der Waals surface area contributed by atoms with E-state index in [-0.39, 0.29) is 11.5 Å². The van der Waals surface area contributed by atoms with Crippen molar-refractivity contribution in [3.63, 3.8) is 0 Å². The molecular weight excluding hydrogens is 188 g/mol. The molecule has 0 aliphatic rings. The molecule has 0 aromatic carbocycles. The smallest absolute Gasteiger partial charge is 0.308 e. The molecule has 0 aliphatic carbocycles. The summed E-state index contributed by atoms with van der Waals surface area (Å²) in [5.41, 5.74) is -0.527. The molecule has 0 aliphatic heterocycles. The van der Waals surface area contributed by atoms with Gasteiger partial charge in [0.1, 0.15) is 0 Å². The van der Waals surface area contributed by atoms with Crippen LogP contribution in [0.5, 0.6) is 0 Å². The third-order valence-corrected chi connectivity index (χ3v) is 1.39. The van der Waals surface area contributed by atoms with Gasteiger partial charge >= 0.3 is 5.97 Å². The third-order valence-electron chi connectivity index (χ3n) is 1.39. The molecule has 7 nitrogen and oxygen atoms in total. The molecule has 7 heteroatoms. The van der Waals surface area contributed by atoms with Gasteiger partial charge in [0.2, 0.25) is 5.95 Å². The number of aliphatic carboxylic acids is 1. The second-order valence-electron chi connectivity index (χ2n) is 2.39. The van der Waals surface area contributed by atoms with E-state index in [2.05, 4.69) is 15.3 Å². The standard InChI is InChI=1S/C7H6N4O3/c8-3-10-7-9-2-4(1-5(12)13)6(14)11-7/h2H,1H2,(H,12,13)(H2,9,10,11,14). The molecule has 0 unspecified atom stereocenters. The van der Waals surface area contributed by atoms with E-state index in [0.29, 0.717) is 0 Å². The molecule has 14 heavy (non-hydrogen) atoms. The Morgan fingerprint density at radius 2 is 2.50 bits per heavy atom. The number of nitrogens with one attached hydrogen (secondary N) is 2. The Balaban J connectivity index is 2.97. The van der Waals surface area contributed by atoms with Crippen molar-refractivity contribution in [3.8, 4) is 6.19 Å². The number of carbonyl (C=O) groups is 1. The van der Waals surface area contributed by atoms with E-state index in [0.717, 1.165) is 6.20 Å². The van der Waals surface area contributed by atoms with Crippen LogP contribution in [0.4, 0.5) is 5.95 Å². The van der Waals surface area contributed by atoms with Gasteiger partial charge in [0.05, 0.1) is 6.42 Å². The van der Waals surface area contributed by atoms with E-state index < -0.39 is 17.9 Å². The van der Waals surface area contributed by atoms with Crippen LogP contribution in [0.3, 0.4) is 0 Å². The van der Waals surface area contributed by atoms with Crippen molar-refractivity contribution in [1.29, 1.82) is 5.26 Å². The third kappa shape index (κ3) is 2.31. The second-order valence-corrected chi connectivity index (χ2v) is 2.39. The van der Waals surface area contributed by atoms with Crippen LogP contribution in [0.1, 0.15) is 5.56 Å². The quantitative estimate of drug-likeness (QED) is 0.432. The van der Waals surface area contributed by atoms with Gasteiger partial charge in [-0.15, -0.1) is 0 Å². The van der Waals surface area contributed by atoms with E-state index in [9.17, 15) is 9.59 Å². The molecule has 0 radical (unpaired) electrons. The van der Waals surface area contributed by atoms with E-state index >= 15 is 0 Å². The number of hydrogen-bond acceptors (Lipinski definition) is 5. The molecule has 0 saturated heterocycles. The van der Waals surface area contributed by atoms with Crippen LogP contribution in [0, 0.1) is 11.5 Å². The van der Waals surface area contributed by atoms with Gasteiger partial charge in [0.15, 0.2) is 6.19 Å². The summed E-state index contributed by atoms with van der Waals surface area (Å²) in [6, 6.07) is 0. The molecule has 1 rings (SSSR count). The summed E-state index contributed by atoms with van der Waals surface area (Å²) in [5, 5.41) is 18.7. The molecule has 0 bridgehead atoms. The highest BCUT2D eigenvalue weighted by molar-refractivity contribution is 5.69. The highest BCUT2D eigenvalue weighted by Gasteiger charge is 2.06. The van der Waals surface area contributed by atoms with Crippen molar-refractivity contribution in [2.45, 2.75) is 6.42 Å². The van der Waals surface area contributed by atoms with Crippen molar-refractivity contribution in [2.24, 2.45) is 0 Å². The number of carboxylic acid groups (broad SMARTS) is 1. The number of aromatic amines is 1. The maximum atomic E-state index is 11.1. The highest BCUT2D eigenvalue weighted by Crippen LogP contribution is 1.94. The second kappa shape index (κ2) is 4.04. The van der Waals surface area contributed by atoms with Gasteiger partial charge < -0.3 is 5.11 Å². The van der Waals surface area contributed by atoms with Gasteiger partial charge in [-0.1, -0.05) is 0 Å². The summed E-state index contributed by atoms with van der Waals surface area (Å²) >= 11 is 0. The van der Waals surface area contributed by atoms with Gasteiger partial charge in [-0.2, -0.15) is 5.26 Å². The number of H-pyrrole nitrogens is 1. The Morgan fingerprint density at radius 3 is 3.00 bits per heavy atom. The summed E-state index contributed by atoms with van der Waals surface area (Å²) in [6.45, 7) is 0. The van der Waals surface area contributed by atoms with Crippen molar-refractivity contribution in [3.05, 3.63) is 22.1 Å². The summed E-state index contributed by atoms with van der Waals surface area (Å²) in [7, 11) is 0. The molecule has 0 atom stereocenters. The largest absolute Gasteiger partial charge is 0.481 e. The predicted molar refractivity (Wildman–Crippen MR) is 45.4 cm³/mol. The molecule has 0 amide bonds. The molecule has 1 aromatic heterocycles. The topological polar surface area (TPSA) is 119 Å². The summed E-state index contributed by atoms with van der Waals surface area (Å²) in [6.07, 6.45) is 2.30. The SMILES string of the molecule is N#CNc1ncc(CC(=O)O)c(=O)[nH]1. The van der Waals surface area contributed by atoms with E-state index in [1.807, 2.05) is 0 Å². The molecule has 1 aromatic rings. The Hall–Kier alpha value is -2.36. The summed E-state index contributed by atoms with van der Waals surface area (Å²) in [4.78, 5) is 27.3. The molecule has 0 spiro atoms. The lowest BCUT2D eigenvalue weighted by molar-refractivity contribution is -0.136. The van der Waals surface area contributed by atoms with Gasteiger partial charge in [-0.3, -0.25) is 19.9 Å². The van der Waals surface area contributed by atoms with Gasteiger partial charge in [0.25, 0.3) is 5.56 Å². The molecule has 72 valence electrons. The summed E-state index contributed by atoms with van der Waals surface area (Å²) in [5.74, 6) is -1.12. The minimum atomic E-state index is -1.11. The lowest BCUT2D eigenvalue weighted by Gasteiger charge is -1.97. The zero-order valence-electron chi connectivity index (χ0n) is 6.94. The van der Waals surface area contributed by atoms with E-state index in [4.69, 9.17) is 10.4 Å². The van der Waals surface area contributed by atoms with Gasteiger partial charge in [0, 0.05) is 11.8 Å². The fourth-order valence-corrected chi connectivity index (χ4v) is 0.827. The number of rotatable bonds is 3. The number of carboxylic acids is 1. The van der Waals surface area contributed by atoms with Gasteiger partial charge in [-0.25, -0.2) is 4.98 Å². The zero-order valence-corrected chi connectivity index (χ0v) is 6.94. The van der Waals surface area contributed by atoms with Crippen molar-refractivity contribution in [1.82, 2.24) is 9.97 Å². The number of nitriles is 1. The first-order valence-electron chi connectivity index (χ1n) is 3.58. The monoisotopic (exact) mass is 194 g/mol. The predicted octanol–water partition coefficient (Wildman–Crippen LogP) is -0.710. The van der Waals surface area contributed by atoms with Crippen molar-refractivity contribution < 1.29 is 9.90 Å². The van der Waals surface area contributed by atoms with Crippen molar-refractivity contribution in [2.75, 3.05) is 5.32 Å². The van der Waals surface area contributed by atoms with Crippen LogP contribution < -0.4 is 10.9 Å². The van der Waals surface area contributed by atoms with Crippen LogP contribution in [0.15, 0.2) is 11.0 Å². The average molecular weight is 194 g/mol. The number of nitrogens with zero attached hydrogens (tertiary/aromatic N) is 2. The number of hydrogen-bond donors (Lipinski definition) is 3. The molecular formula is C7H6N4O3. The number of aromatic nitrogens is 2. The van der Waals surface area contributed by atoms with Crippen LogP contribution in [-0.2, 0) is 11.2 Å². The lowest BCUT2D eigenvalue weighted by atomic mass is 10.2. The zero-order chi connectivity index (χ0) is 10.6. The maximum absolute atomic E-state index is 11.1. The molecule has 1 heterocycles. The average Bonchev–Trinajstić information content (AvgIpc) is 2.10. The Kier molecular flexibility index (Phi) is 2.81. The minimum Gasteiger partial charge on any atom is -0.481 e. The normalized spacial score (nSPS) is 9.07. The number of anilines is 1. The highest BCUT2D eigenvalue weighted by atomic mass is 16.4. The van der Waals surface area contributed by atoms with Crippen LogP contribution >= 0.6 is 0 Å². The van der Waals surface area contributed by atoms with Crippen LogP contribution in [0.2, 0.25) is 0 Å². The molecule has 3 N–H and O–H groups in total. The maximum Gasteiger partial charge on any atom is 0.308 e. The van der Waals surface area contributed by atoms with E-state index in [1.165, 1.54) is 0 Å². The first-order chi connectivity index (χ1) is 6.63. The Bertz CT molecular complexity index is 445. The minimum absolute atomic E-state index is 0.00774. The fourth-order valence-electron chi connectivity index (χ4n) is 0.827. The fraction of sp³-hybridized carbons (Fsp3) is 0.143. The van der Waals surface area contributed by atoms with Crippen LogP contribution in [-0.4, -0.2) is 21.0 Å². The first-order valence-corrected chi connectivity index (χ1v) is 3.58. The molecule has 0 saturated carbocycles. The van der Waals surface area contributed by atoms with Gasteiger partial charge in [-0.05, 0) is 0 Å². The van der Waals surface area contributed by atoms with Crippen LogP contribution in [0.25, 0.3) is 0 Å². The molecule has 0 fully saturated rings. The lowest BCUT2D eigenvalue weighted by Crippen LogP contribution is -2.18. The van der Waals surface area contributed by atoms with E-state index in [1.54, 1.807) is 6.19 Å². The van der Waals surface area contributed by atoms with Crippen molar-refractivity contribution >= 4 is 11.9 Å². The Morgan fingerprint density at radius 1 is 1.79 bits per heavy atom. The Labute approximate surface area is 78.0 Å². The first kappa shape index (κ1) is 9.73. The summed E-state index contributed by atoms with van der Waals surface area (Å²) < 4.78 is 0.